The SMILES string of the molecule is c1ccc2c(c1)[nH]c1c(-c3cccc4oc5ccccc5c34)c(-c3cccc4c5ccccc5c5ccccc5c34)ccc12. The summed E-state index contributed by atoms with van der Waals surface area (Å²) in [5, 5.41) is 12.4. The van der Waals surface area contributed by atoms with Gasteiger partial charge in [-0.3, -0.25) is 0 Å². The molecule has 0 atom stereocenters. The molecule has 10 aromatic rings. The molecule has 0 aliphatic heterocycles. The molecule has 1 N–H and O–H groups in total. The Morgan fingerprint density at radius 3 is 1.70 bits per heavy atom. The number of para-hydroxylation sites is 2. The van der Waals surface area contributed by atoms with Crippen LogP contribution in [0.3, 0.4) is 0 Å². The minimum Gasteiger partial charge on any atom is -0.456 e. The summed E-state index contributed by atoms with van der Waals surface area (Å²) < 4.78 is 6.40. The molecular weight excluding hydrogens is 534 g/mol. The van der Waals surface area contributed by atoms with Crippen molar-refractivity contribution in [2.24, 2.45) is 0 Å². The van der Waals surface area contributed by atoms with E-state index in [1.54, 1.807) is 0 Å². The van der Waals surface area contributed by atoms with Gasteiger partial charge in [-0.25, -0.2) is 0 Å². The first-order valence-electron chi connectivity index (χ1n) is 15.1. The molecule has 0 fully saturated rings. The lowest BCUT2D eigenvalue weighted by molar-refractivity contribution is 0.669. The van der Waals surface area contributed by atoms with Crippen molar-refractivity contribution >= 4 is 76.1 Å². The Labute approximate surface area is 252 Å². The molecule has 0 aliphatic rings. The lowest BCUT2D eigenvalue weighted by Crippen LogP contribution is -1.91. The number of hydrogen-bond acceptors (Lipinski definition) is 1. The maximum absolute atomic E-state index is 6.40. The van der Waals surface area contributed by atoms with Crippen molar-refractivity contribution in [2.75, 3.05) is 0 Å². The largest absolute Gasteiger partial charge is 0.456 e. The molecule has 0 saturated carbocycles. The molecule has 0 saturated heterocycles. The molecular formula is C42H25NO. The third-order valence-electron chi connectivity index (χ3n) is 9.41. The minimum atomic E-state index is 0.900. The Morgan fingerprint density at radius 1 is 0.341 bits per heavy atom. The van der Waals surface area contributed by atoms with Gasteiger partial charge in [-0.1, -0.05) is 127 Å². The van der Waals surface area contributed by atoms with Gasteiger partial charge in [0, 0.05) is 32.6 Å². The minimum absolute atomic E-state index is 0.900. The van der Waals surface area contributed by atoms with Crippen LogP contribution in [0.15, 0.2) is 150 Å². The summed E-state index contributed by atoms with van der Waals surface area (Å²) in [6, 6.07) is 52.5. The van der Waals surface area contributed by atoms with E-state index in [2.05, 4.69) is 145 Å². The van der Waals surface area contributed by atoms with E-state index in [1.807, 2.05) is 6.07 Å². The number of H-pyrrole nitrogens is 1. The van der Waals surface area contributed by atoms with Crippen molar-refractivity contribution in [3.63, 3.8) is 0 Å². The number of hydrogen-bond donors (Lipinski definition) is 1. The lowest BCUT2D eigenvalue weighted by atomic mass is 9.85. The predicted molar refractivity (Wildman–Crippen MR) is 186 cm³/mol. The summed E-state index contributed by atoms with van der Waals surface area (Å²) in [6.07, 6.45) is 0. The first-order valence-corrected chi connectivity index (χ1v) is 15.1. The Kier molecular flexibility index (Phi) is 4.75. The third kappa shape index (κ3) is 3.14. The van der Waals surface area contributed by atoms with E-state index in [0.29, 0.717) is 0 Å². The summed E-state index contributed by atoms with van der Waals surface area (Å²) in [6.45, 7) is 0. The fourth-order valence-corrected chi connectivity index (χ4v) is 7.59. The van der Waals surface area contributed by atoms with Gasteiger partial charge in [0.1, 0.15) is 11.2 Å². The second-order valence-corrected chi connectivity index (χ2v) is 11.7. The van der Waals surface area contributed by atoms with Gasteiger partial charge in [0.15, 0.2) is 0 Å². The number of nitrogens with one attached hydrogen (secondary N) is 1. The third-order valence-corrected chi connectivity index (χ3v) is 9.41. The van der Waals surface area contributed by atoms with Crippen LogP contribution in [-0.2, 0) is 0 Å². The molecule has 0 aliphatic carbocycles. The van der Waals surface area contributed by atoms with Crippen molar-refractivity contribution in [3.05, 3.63) is 146 Å². The molecule has 0 spiro atoms. The number of rotatable bonds is 2. The van der Waals surface area contributed by atoms with Crippen molar-refractivity contribution in [1.29, 1.82) is 0 Å². The Balaban J connectivity index is 1.43. The smallest absolute Gasteiger partial charge is 0.136 e. The highest BCUT2D eigenvalue weighted by atomic mass is 16.3. The van der Waals surface area contributed by atoms with E-state index in [4.69, 9.17) is 4.42 Å². The van der Waals surface area contributed by atoms with E-state index in [-0.39, 0.29) is 0 Å². The molecule has 2 heterocycles. The lowest BCUT2D eigenvalue weighted by Gasteiger charge is -2.18. The van der Waals surface area contributed by atoms with Crippen LogP contribution in [0.2, 0.25) is 0 Å². The van der Waals surface area contributed by atoms with Crippen molar-refractivity contribution in [3.8, 4) is 22.3 Å². The van der Waals surface area contributed by atoms with E-state index < -0.39 is 0 Å². The van der Waals surface area contributed by atoms with Crippen LogP contribution < -0.4 is 0 Å². The van der Waals surface area contributed by atoms with Crippen LogP contribution >= 0.6 is 0 Å². The highest BCUT2D eigenvalue weighted by Gasteiger charge is 2.22. The van der Waals surface area contributed by atoms with Gasteiger partial charge in [0.25, 0.3) is 0 Å². The maximum atomic E-state index is 6.40. The molecule has 2 heteroatoms. The zero-order valence-electron chi connectivity index (χ0n) is 23.8. The molecule has 44 heavy (non-hydrogen) atoms. The second kappa shape index (κ2) is 8.82. The summed E-state index contributed by atoms with van der Waals surface area (Å²) in [5.41, 5.74) is 8.88. The standard InChI is InChI=1S/C42H25NO/c1-2-12-27-25(11-1)26-13-3-4-15-29(26)39-30(27)17-9-18-31(39)32-23-24-33-28-14-5-7-20-36(28)43-42(33)41(32)35-19-10-22-38-40(35)34-16-6-8-21-37(34)44-38/h1-24,43H. The maximum Gasteiger partial charge on any atom is 0.136 e. The normalized spacial score (nSPS) is 12.1. The average molecular weight is 560 g/mol. The fraction of sp³-hybridized carbons (Fsp3) is 0. The Hall–Kier alpha value is -5.86. The van der Waals surface area contributed by atoms with Crippen LogP contribution in [0.25, 0.3) is 98.3 Å². The number of furan rings is 1. The van der Waals surface area contributed by atoms with Crippen LogP contribution in [-0.4, -0.2) is 4.98 Å². The molecule has 2 aromatic heterocycles. The van der Waals surface area contributed by atoms with E-state index >= 15 is 0 Å². The average Bonchev–Trinajstić information content (AvgIpc) is 3.66. The van der Waals surface area contributed by atoms with Crippen LogP contribution in [0.5, 0.6) is 0 Å². The van der Waals surface area contributed by atoms with Gasteiger partial charge in [-0.2, -0.15) is 0 Å². The van der Waals surface area contributed by atoms with Crippen LogP contribution in [0.1, 0.15) is 0 Å². The number of benzene rings is 8. The highest BCUT2D eigenvalue weighted by Crippen LogP contribution is 2.48. The molecule has 10 rings (SSSR count). The van der Waals surface area contributed by atoms with Gasteiger partial charge >= 0.3 is 0 Å². The molecule has 0 amide bonds. The summed E-state index contributed by atoms with van der Waals surface area (Å²) >= 11 is 0. The quantitative estimate of drug-likeness (QED) is 0.210. The van der Waals surface area contributed by atoms with Crippen LogP contribution in [0.4, 0.5) is 0 Å². The van der Waals surface area contributed by atoms with Crippen molar-refractivity contribution < 1.29 is 4.42 Å². The van der Waals surface area contributed by atoms with E-state index in [0.717, 1.165) is 33.0 Å². The Morgan fingerprint density at radius 2 is 0.909 bits per heavy atom. The van der Waals surface area contributed by atoms with Gasteiger partial charge < -0.3 is 9.40 Å². The molecule has 0 unspecified atom stereocenters. The van der Waals surface area contributed by atoms with Gasteiger partial charge in [0.05, 0.1) is 5.52 Å². The molecule has 0 radical (unpaired) electrons. The summed E-state index contributed by atoms with van der Waals surface area (Å²) in [5.74, 6) is 0. The van der Waals surface area contributed by atoms with Crippen molar-refractivity contribution in [1.82, 2.24) is 4.98 Å². The number of aromatic nitrogens is 1. The van der Waals surface area contributed by atoms with Gasteiger partial charge in [0.2, 0.25) is 0 Å². The van der Waals surface area contributed by atoms with Crippen molar-refractivity contribution in [2.45, 2.75) is 0 Å². The highest BCUT2D eigenvalue weighted by molar-refractivity contribution is 6.30. The van der Waals surface area contributed by atoms with Gasteiger partial charge in [-0.05, 0) is 67.2 Å². The topological polar surface area (TPSA) is 28.9 Å². The Bertz CT molecular complexity index is 2730. The fourth-order valence-electron chi connectivity index (χ4n) is 7.59. The molecule has 2 nitrogen and oxygen atoms in total. The summed E-state index contributed by atoms with van der Waals surface area (Å²) in [7, 11) is 0. The van der Waals surface area contributed by atoms with Crippen LogP contribution in [0, 0.1) is 0 Å². The van der Waals surface area contributed by atoms with E-state index in [1.165, 1.54) is 65.3 Å². The van der Waals surface area contributed by atoms with Gasteiger partial charge in [-0.15, -0.1) is 0 Å². The predicted octanol–water partition coefficient (Wildman–Crippen LogP) is 12.0. The number of aromatic amines is 1. The first-order chi connectivity index (χ1) is 21.8. The zero-order chi connectivity index (χ0) is 28.8. The number of fused-ring (bicyclic) bond motifs is 12. The molecule has 0 bridgehead atoms. The molecule has 8 aromatic carbocycles. The second-order valence-electron chi connectivity index (χ2n) is 11.7. The molecule has 204 valence electrons. The monoisotopic (exact) mass is 559 g/mol. The zero-order valence-corrected chi connectivity index (χ0v) is 23.8. The first kappa shape index (κ1) is 23.7. The summed E-state index contributed by atoms with van der Waals surface area (Å²) in [4.78, 5) is 3.84. The van der Waals surface area contributed by atoms with E-state index in [9.17, 15) is 0 Å².